The minimum atomic E-state index is -0.302. The van der Waals surface area contributed by atoms with Gasteiger partial charge in [-0.15, -0.1) is 0 Å². The highest BCUT2D eigenvalue weighted by Gasteiger charge is 2.31. The van der Waals surface area contributed by atoms with Crippen LogP contribution in [0.15, 0.2) is 0 Å². The summed E-state index contributed by atoms with van der Waals surface area (Å²) < 4.78 is 11.6. The van der Waals surface area contributed by atoms with Crippen molar-refractivity contribution in [3.63, 3.8) is 0 Å². The molecule has 0 radical (unpaired) electrons. The molecule has 90 valence electrons. The SMILES string of the molecule is CCCCCCC[C@]1(C)OCC[C@@H](C)O1. The van der Waals surface area contributed by atoms with E-state index < -0.39 is 0 Å². The molecule has 15 heavy (non-hydrogen) atoms. The van der Waals surface area contributed by atoms with Crippen LogP contribution in [0.4, 0.5) is 0 Å². The lowest BCUT2D eigenvalue weighted by molar-refractivity contribution is -0.283. The van der Waals surface area contributed by atoms with Crippen molar-refractivity contribution in [2.75, 3.05) is 6.61 Å². The molecule has 0 aromatic heterocycles. The van der Waals surface area contributed by atoms with Gasteiger partial charge in [0.15, 0.2) is 5.79 Å². The Labute approximate surface area is 94.3 Å². The van der Waals surface area contributed by atoms with Gasteiger partial charge in [-0.05, 0) is 26.7 Å². The number of hydrogen-bond acceptors (Lipinski definition) is 2. The van der Waals surface area contributed by atoms with Gasteiger partial charge in [0.25, 0.3) is 0 Å². The molecule has 1 rings (SSSR count). The largest absolute Gasteiger partial charge is 0.350 e. The van der Waals surface area contributed by atoms with E-state index in [4.69, 9.17) is 9.47 Å². The molecule has 1 heterocycles. The summed E-state index contributed by atoms with van der Waals surface area (Å²) in [4.78, 5) is 0. The predicted octanol–water partition coefficient (Wildman–Crippen LogP) is 3.89. The molecule has 1 aliphatic rings. The fourth-order valence-corrected chi connectivity index (χ4v) is 2.14. The molecular weight excluding hydrogens is 188 g/mol. The highest BCUT2D eigenvalue weighted by molar-refractivity contribution is 4.70. The molecule has 0 N–H and O–H groups in total. The van der Waals surface area contributed by atoms with Crippen molar-refractivity contribution in [2.24, 2.45) is 0 Å². The van der Waals surface area contributed by atoms with Crippen LogP contribution in [0.5, 0.6) is 0 Å². The Kier molecular flexibility index (Phi) is 5.62. The lowest BCUT2D eigenvalue weighted by Crippen LogP contribution is -2.41. The molecule has 1 aliphatic heterocycles. The summed E-state index contributed by atoms with van der Waals surface area (Å²) in [6.45, 7) is 7.32. The summed E-state index contributed by atoms with van der Waals surface area (Å²) in [5.41, 5.74) is 0. The Morgan fingerprint density at radius 3 is 2.60 bits per heavy atom. The van der Waals surface area contributed by atoms with E-state index in [0.29, 0.717) is 6.10 Å². The van der Waals surface area contributed by atoms with Crippen LogP contribution in [0.1, 0.15) is 65.7 Å². The molecular formula is C13H26O2. The number of rotatable bonds is 6. The third-order valence-electron chi connectivity index (χ3n) is 3.12. The average Bonchev–Trinajstić information content (AvgIpc) is 2.17. The van der Waals surface area contributed by atoms with E-state index in [0.717, 1.165) is 19.4 Å². The zero-order chi connectivity index (χ0) is 11.1. The standard InChI is InChI=1S/C13H26O2/c1-4-5-6-7-8-10-13(3)14-11-9-12(2)15-13/h12H,4-11H2,1-3H3/t12-,13-/m1/s1. The predicted molar refractivity (Wildman–Crippen MR) is 62.9 cm³/mol. The van der Waals surface area contributed by atoms with Gasteiger partial charge in [-0.25, -0.2) is 0 Å². The van der Waals surface area contributed by atoms with E-state index in [1.165, 1.54) is 32.1 Å². The molecule has 0 spiro atoms. The number of unbranched alkanes of at least 4 members (excludes halogenated alkanes) is 4. The van der Waals surface area contributed by atoms with Crippen molar-refractivity contribution in [3.05, 3.63) is 0 Å². The monoisotopic (exact) mass is 214 g/mol. The fourth-order valence-electron chi connectivity index (χ4n) is 2.14. The normalized spacial score (nSPS) is 31.8. The second-order valence-electron chi connectivity index (χ2n) is 4.86. The Hall–Kier alpha value is -0.0800. The van der Waals surface area contributed by atoms with Crippen LogP contribution in [-0.2, 0) is 9.47 Å². The zero-order valence-electron chi connectivity index (χ0n) is 10.6. The van der Waals surface area contributed by atoms with Gasteiger partial charge >= 0.3 is 0 Å². The Balaban J connectivity index is 2.12. The lowest BCUT2D eigenvalue weighted by Gasteiger charge is -2.37. The van der Waals surface area contributed by atoms with Crippen LogP contribution < -0.4 is 0 Å². The Morgan fingerprint density at radius 1 is 1.20 bits per heavy atom. The fraction of sp³-hybridized carbons (Fsp3) is 1.00. The maximum Gasteiger partial charge on any atom is 0.165 e. The van der Waals surface area contributed by atoms with E-state index >= 15 is 0 Å². The smallest absolute Gasteiger partial charge is 0.165 e. The minimum absolute atomic E-state index is 0.302. The molecule has 1 fully saturated rings. The molecule has 0 aromatic rings. The van der Waals surface area contributed by atoms with Crippen molar-refractivity contribution in [2.45, 2.75) is 77.6 Å². The van der Waals surface area contributed by atoms with Crippen molar-refractivity contribution in [1.82, 2.24) is 0 Å². The van der Waals surface area contributed by atoms with Crippen LogP contribution in [-0.4, -0.2) is 18.5 Å². The first-order valence-electron chi connectivity index (χ1n) is 6.48. The molecule has 0 amide bonds. The van der Waals surface area contributed by atoms with Crippen LogP contribution in [0.25, 0.3) is 0 Å². The van der Waals surface area contributed by atoms with Crippen molar-refractivity contribution < 1.29 is 9.47 Å². The molecule has 0 bridgehead atoms. The second-order valence-corrected chi connectivity index (χ2v) is 4.86. The Bertz CT molecular complexity index is 170. The summed E-state index contributed by atoms with van der Waals surface area (Å²) in [6, 6.07) is 0. The second kappa shape index (κ2) is 6.49. The minimum Gasteiger partial charge on any atom is -0.350 e. The average molecular weight is 214 g/mol. The summed E-state index contributed by atoms with van der Waals surface area (Å²) in [5.74, 6) is -0.302. The molecule has 2 heteroatoms. The van der Waals surface area contributed by atoms with Crippen molar-refractivity contribution in [1.29, 1.82) is 0 Å². The van der Waals surface area contributed by atoms with Gasteiger partial charge in [-0.3, -0.25) is 0 Å². The zero-order valence-corrected chi connectivity index (χ0v) is 10.6. The quantitative estimate of drug-likeness (QED) is 0.624. The third-order valence-corrected chi connectivity index (χ3v) is 3.12. The van der Waals surface area contributed by atoms with Gasteiger partial charge < -0.3 is 9.47 Å². The van der Waals surface area contributed by atoms with Gasteiger partial charge in [0.05, 0.1) is 12.7 Å². The van der Waals surface area contributed by atoms with Gasteiger partial charge in [0.1, 0.15) is 0 Å². The highest BCUT2D eigenvalue weighted by atomic mass is 16.7. The van der Waals surface area contributed by atoms with Gasteiger partial charge in [0, 0.05) is 6.42 Å². The molecule has 2 nitrogen and oxygen atoms in total. The molecule has 0 aliphatic carbocycles. The first kappa shape index (κ1) is 13.0. The van der Waals surface area contributed by atoms with Crippen molar-refractivity contribution >= 4 is 0 Å². The van der Waals surface area contributed by atoms with Crippen LogP contribution in [0.3, 0.4) is 0 Å². The van der Waals surface area contributed by atoms with Crippen LogP contribution in [0.2, 0.25) is 0 Å². The van der Waals surface area contributed by atoms with E-state index in [-0.39, 0.29) is 5.79 Å². The number of hydrogen-bond donors (Lipinski definition) is 0. The summed E-state index contributed by atoms with van der Waals surface area (Å²) in [6.07, 6.45) is 8.98. The third kappa shape index (κ3) is 4.98. The first-order valence-corrected chi connectivity index (χ1v) is 6.48. The van der Waals surface area contributed by atoms with Crippen LogP contribution in [0, 0.1) is 0 Å². The van der Waals surface area contributed by atoms with Crippen LogP contribution >= 0.6 is 0 Å². The topological polar surface area (TPSA) is 18.5 Å². The summed E-state index contributed by atoms with van der Waals surface area (Å²) in [5, 5.41) is 0. The van der Waals surface area contributed by atoms with E-state index in [1.54, 1.807) is 0 Å². The molecule has 0 saturated carbocycles. The maximum absolute atomic E-state index is 5.86. The molecule has 0 unspecified atom stereocenters. The molecule has 2 atom stereocenters. The van der Waals surface area contributed by atoms with E-state index in [9.17, 15) is 0 Å². The summed E-state index contributed by atoms with van der Waals surface area (Å²) >= 11 is 0. The molecule has 1 saturated heterocycles. The number of ether oxygens (including phenoxy) is 2. The van der Waals surface area contributed by atoms with Gasteiger partial charge in [-0.2, -0.15) is 0 Å². The molecule has 0 aromatic carbocycles. The first-order chi connectivity index (χ1) is 7.16. The highest BCUT2D eigenvalue weighted by Crippen LogP contribution is 2.27. The van der Waals surface area contributed by atoms with E-state index in [2.05, 4.69) is 20.8 Å². The van der Waals surface area contributed by atoms with Gasteiger partial charge in [-0.1, -0.05) is 32.6 Å². The Morgan fingerprint density at radius 2 is 1.93 bits per heavy atom. The van der Waals surface area contributed by atoms with E-state index in [1.807, 2.05) is 0 Å². The van der Waals surface area contributed by atoms with Gasteiger partial charge in [0.2, 0.25) is 0 Å². The lowest BCUT2D eigenvalue weighted by atomic mass is 10.1. The summed E-state index contributed by atoms with van der Waals surface area (Å²) in [7, 11) is 0. The van der Waals surface area contributed by atoms with Crippen molar-refractivity contribution in [3.8, 4) is 0 Å². The maximum atomic E-state index is 5.86.